The molecule has 1 aliphatic heterocycles. The number of nitrogens with zero attached hydrogens (tertiary/aromatic N) is 3. The first-order valence-corrected chi connectivity index (χ1v) is 10.0. The molecule has 0 spiro atoms. The summed E-state index contributed by atoms with van der Waals surface area (Å²) in [6.45, 7) is 7.96. The Labute approximate surface area is 170 Å². The minimum Gasteiger partial charge on any atom is -0.465 e. The third kappa shape index (κ3) is 4.46. The van der Waals surface area contributed by atoms with E-state index in [-0.39, 0.29) is 5.91 Å². The Bertz CT molecular complexity index is 970. The molecule has 0 aliphatic carbocycles. The second-order valence-corrected chi connectivity index (χ2v) is 7.42. The van der Waals surface area contributed by atoms with Crippen LogP contribution in [-0.4, -0.2) is 61.6 Å². The van der Waals surface area contributed by atoms with E-state index in [2.05, 4.69) is 31.7 Å². The van der Waals surface area contributed by atoms with Gasteiger partial charge in [0, 0.05) is 51.5 Å². The lowest BCUT2D eigenvalue weighted by Crippen LogP contribution is -2.47. The van der Waals surface area contributed by atoms with Crippen LogP contribution >= 0.6 is 0 Å². The second kappa shape index (κ2) is 8.71. The van der Waals surface area contributed by atoms with Crippen molar-refractivity contribution in [3.63, 3.8) is 0 Å². The van der Waals surface area contributed by atoms with Crippen molar-refractivity contribution in [2.75, 3.05) is 51.3 Å². The average molecular weight is 396 g/mol. The molecular weight excluding hydrogens is 368 g/mol. The molecule has 1 amide bonds. The number of methoxy groups -OCH3 is 1. The van der Waals surface area contributed by atoms with Crippen LogP contribution in [0, 0.1) is 6.92 Å². The molecule has 3 aromatic rings. The first-order chi connectivity index (χ1) is 14.1. The molecule has 1 N–H and O–H groups in total. The number of piperazine rings is 1. The fourth-order valence-corrected chi connectivity index (χ4v) is 3.75. The third-order valence-electron chi connectivity index (χ3n) is 5.42. The van der Waals surface area contributed by atoms with Crippen LogP contribution in [-0.2, 0) is 11.3 Å². The number of hydrogen-bond acceptors (Lipinski definition) is 5. The summed E-state index contributed by atoms with van der Waals surface area (Å²) in [5.74, 6) is 2.62. The van der Waals surface area contributed by atoms with Gasteiger partial charge in [0.25, 0.3) is 5.91 Å². The molecule has 0 aromatic carbocycles. The number of anilines is 1. The van der Waals surface area contributed by atoms with Gasteiger partial charge in [-0.1, -0.05) is 0 Å². The summed E-state index contributed by atoms with van der Waals surface area (Å²) in [7, 11) is 1.74. The molecule has 0 saturated carbocycles. The zero-order valence-electron chi connectivity index (χ0n) is 17.1. The molecule has 1 saturated heterocycles. The molecule has 1 aliphatic rings. The van der Waals surface area contributed by atoms with Gasteiger partial charge in [0.2, 0.25) is 0 Å². The summed E-state index contributed by atoms with van der Waals surface area (Å²) >= 11 is 0. The van der Waals surface area contributed by atoms with Crippen molar-refractivity contribution in [2.24, 2.45) is 0 Å². The summed E-state index contributed by atoms with van der Waals surface area (Å²) in [5, 5.41) is 2.93. The highest BCUT2D eigenvalue weighted by molar-refractivity contribution is 5.94. The van der Waals surface area contributed by atoms with Crippen LogP contribution in [0.5, 0.6) is 0 Å². The third-order valence-corrected chi connectivity index (χ3v) is 5.42. The fraction of sp³-hybridized carbons (Fsp3) is 0.409. The first kappa shape index (κ1) is 19.5. The predicted octanol–water partition coefficient (Wildman–Crippen LogP) is 2.54. The molecule has 0 atom stereocenters. The van der Waals surface area contributed by atoms with Crippen LogP contribution in [0.3, 0.4) is 0 Å². The van der Waals surface area contributed by atoms with E-state index < -0.39 is 0 Å². The summed E-state index contributed by atoms with van der Waals surface area (Å²) in [4.78, 5) is 17.4. The highest BCUT2D eigenvalue weighted by Crippen LogP contribution is 2.22. The van der Waals surface area contributed by atoms with Gasteiger partial charge >= 0.3 is 0 Å². The van der Waals surface area contributed by atoms with Crippen molar-refractivity contribution < 1.29 is 13.9 Å². The predicted molar refractivity (Wildman–Crippen MR) is 113 cm³/mol. The Kier molecular flexibility index (Phi) is 5.87. The van der Waals surface area contributed by atoms with Crippen LogP contribution in [0.2, 0.25) is 0 Å². The number of aromatic nitrogens is 1. The zero-order valence-corrected chi connectivity index (χ0v) is 17.1. The average Bonchev–Trinajstić information content (AvgIpc) is 3.36. The number of amides is 1. The number of hydrogen-bond donors (Lipinski definition) is 1. The van der Waals surface area contributed by atoms with E-state index in [1.54, 1.807) is 7.11 Å². The van der Waals surface area contributed by atoms with Crippen LogP contribution in [0.25, 0.3) is 5.52 Å². The van der Waals surface area contributed by atoms with Gasteiger partial charge in [-0.25, -0.2) is 0 Å². The smallest absolute Gasteiger partial charge is 0.253 e. The highest BCUT2D eigenvalue weighted by atomic mass is 16.5. The van der Waals surface area contributed by atoms with Gasteiger partial charge in [0.05, 0.1) is 18.7 Å². The lowest BCUT2D eigenvalue weighted by molar-refractivity contribution is 0.0947. The molecule has 154 valence electrons. The number of aryl methyl sites for hydroxylation is 1. The fourth-order valence-electron chi connectivity index (χ4n) is 3.75. The van der Waals surface area contributed by atoms with E-state index in [0.29, 0.717) is 12.1 Å². The van der Waals surface area contributed by atoms with Crippen molar-refractivity contribution >= 4 is 17.2 Å². The zero-order chi connectivity index (χ0) is 20.2. The molecule has 29 heavy (non-hydrogen) atoms. The maximum absolute atomic E-state index is 12.6. The maximum atomic E-state index is 12.6. The SMILES string of the molecule is COCCN1CCN(c2ccc3ccc(C(=O)NCc4ccc(C)o4)cn23)CC1. The summed E-state index contributed by atoms with van der Waals surface area (Å²) < 4.78 is 12.8. The van der Waals surface area contributed by atoms with Crippen LogP contribution < -0.4 is 10.2 Å². The van der Waals surface area contributed by atoms with E-state index in [0.717, 1.165) is 62.2 Å². The van der Waals surface area contributed by atoms with Gasteiger partial charge in [-0.2, -0.15) is 0 Å². The van der Waals surface area contributed by atoms with Gasteiger partial charge in [-0.3, -0.25) is 9.69 Å². The Morgan fingerprint density at radius 2 is 1.90 bits per heavy atom. The van der Waals surface area contributed by atoms with Gasteiger partial charge in [-0.15, -0.1) is 0 Å². The maximum Gasteiger partial charge on any atom is 0.253 e. The number of nitrogens with one attached hydrogen (secondary N) is 1. The van der Waals surface area contributed by atoms with Crippen molar-refractivity contribution in [3.05, 3.63) is 59.7 Å². The molecule has 4 heterocycles. The monoisotopic (exact) mass is 396 g/mol. The van der Waals surface area contributed by atoms with Gasteiger partial charge in [0.1, 0.15) is 17.3 Å². The van der Waals surface area contributed by atoms with Crippen molar-refractivity contribution in [1.82, 2.24) is 14.6 Å². The highest BCUT2D eigenvalue weighted by Gasteiger charge is 2.19. The summed E-state index contributed by atoms with van der Waals surface area (Å²) in [6, 6.07) is 11.9. The number of carbonyl (C=O) groups is 1. The largest absolute Gasteiger partial charge is 0.465 e. The first-order valence-electron chi connectivity index (χ1n) is 10.0. The molecule has 0 bridgehead atoms. The normalized spacial score (nSPS) is 15.2. The molecule has 4 rings (SSSR count). The number of furan rings is 1. The Hall–Kier alpha value is -2.77. The topological polar surface area (TPSA) is 62.4 Å². The van der Waals surface area contributed by atoms with Crippen LogP contribution in [0.1, 0.15) is 21.9 Å². The van der Waals surface area contributed by atoms with Gasteiger partial charge in [0.15, 0.2) is 0 Å². The molecular formula is C22H28N4O3. The number of ether oxygens (including phenoxy) is 1. The lowest BCUT2D eigenvalue weighted by atomic mass is 10.2. The molecule has 1 fully saturated rings. The second-order valence-electron chi connectivity index (χ2n) is 7.42. The number of carbonyl (C=O) groups excluding carboxylic acids is 1. The van der Waals surface area contributed by atoms with E-state index in [1.807, 2.05) is 37.4 Å². The van der Waals surface area contributed by atoms with Crippen LogP contribution in [0.15, 0.2) is 47.0 Å². The Balaban J connectivity index is 1.44. The molecule has 7 heteroatoms. The van der Waals surface area contributed by atoms with E-state index in [1.165, 1.54) is 0 Å². The molecule has 3 aromatic heterocycles. The van der Waals surface area contributed by atoms with E-state index in [9.17, 15) is 4.79 Å². The minimum absolute atomic E-state index is 0.106. The number of pyridine rings is 1. The Morgan fingerprint density at radius 1 is 1.10 bits per heavy atom. The van der Waals surface area contributed by atoms with Gasteiger partial charge < -0.3 is 23.8 Å². The number of fused-ring (bicyclic) bond motifs is 1. The molecule has 0 unspecified atom stereocenters. The van der Waals surface area contributed by atoms with Crippen LogP contribution in [0.4, 0.5) is 5.82 Å². The molecule has 7 nitrogen and oxygen atoms in total. The quantitative estimate of drug-likeness (QED) is 0.665. The summed E-state index contributed by atoms with van der Waals surface area (Å²) in [6.07, 6.45) is 1.92. The van der Waals surface area contributed by atoms with Crippen molar-refractivity contribution in [3.8, 4) is 0 Å². The Morgan fingerprint density at radius 3 is 2.62 bits per heavy atom. The molecule has 0 radical (unpaired) electrons. The standard InChI is InChI=1S/C22H28N4O3/c1-17-3-7-20(29-17)15-23-22(27)18-4-5-19-6-8-21(26(19)16-18)25-11-9-24(10-12-25)13-14-28-2/h3-8,16H,9-15H2,1-2H3,(H,23,27). The van der Waals surface area contributed by atoms with Crippen molar-refractivity contribution in [1.29, 1.82) is 0 Å². The lowest BCUT2D eigenvalue weighted by Gasteiger charge is -2.35. The van der Waals surface area contributed by atoms with E-state index in [4.69, 9.17) is 9.15 Å². The minimum atomic E-state index is -0.106. The van der Waals surface area contributed by atoms with Crippen molar-refractivity contribution in [2.45, 2.75) is 13.5 Å². The number of rotatable bonds is 7. The van der Waals surface area contributed by atoms with Gasteiger partial charge in [-0.05, 0) is 43.3 Å². The summed E-state index contributed by atoms with van der Waals surface area (Å²) in [5.41, 5.74) is 1.72. The van der Waals surface area contributed by atoms with E-state index >= 15 is 0 Å².